The van der Waals surface area contributed by atoms with Gasteiger partial charge in [0.15, 0.2) is 11.5 Å². The number of ether oxygens (including phenoxy) is 2. The number of rotatable bonds is 6. The number of β-amino-alcohol motifs (C(OH)–C–C–N with tert-alkyl or cyclic N) is 1. The third kappa shape index (κ3) is 4.74. The van der Waals surface area contributed by atoms with Gasteiger partial charge in [-0.15, -0.1) is 0 Å². The molecule has 0 bridgehead atoms. The Morgan fingerprint density at radius 1 is 1.24 bits per heavy atom. The Labute approximate surface area is 149 Å². The predicted molar refractivity (Wildman–Crippen MR) is 98.3 cm³/mol. The van der Waals surface area contributed by atoms with Crippen LogP contribution in [0.5, 0.6) is 11.5 Å². The summed E-state index contributed by atoms with van der Waals surface area (Å²) < 4.78 is 10.8. The van der Waals surface area contributed by atoms with Gasteiger partial charge in [0.25, 0.3) is 5.91 Å². The molecule has 1 aromatic rings. The van der Waals surface area contributed by atoms with Crippen LogP contribution in [-0.4, -0.2) is 73.9 Å². The molecule has 138 valence electrons. The van der Waals surface area contributed by atoms with Gasteiger partial charge in [-0.1, -0.05) is 12.2 Å². The van der Waals surface area contributed by atoms with Crippen molar-refractivity contribution in [2.24, 2.45) is 0 Å². The first kappa shape index (κ1) is 19.3. The van der Waals surface area contributed by atoms with Crippen molar-refractivity contribution in [3.05, 3.63) is 29.3 Å². The molecular weight excluding hydrogens is 320 g/mol. The molecule has 0 aliphatic carbocycles. The monoisotopic (exact) mass is 348 g/mol. The molecule has 0 aromatic heterocycles. The highest BCUT2D eigenvalue weighted by molar-refractivity contribution is 5.96. The fourth-order valence-corrected chi connectivity index (χ4v) is 3.11. The van der Waals surface area contributed by atoms with E-state index in [4.69, 9.17) is 9.47 Å². The highest BCUT2D eigenvalue weighted by atomic mass is 16.5. The van der Waals surface area contributed by atoms with Gasteiger partial charge >= 0.3 is 0 Å². The molecule has 0 unspecified atom stereocenters. The van der Waals surface area contributed by atoms with Gasteiger partial charge in [0.2, 0.25) is 0 Å². The number of hydrogen-bond donors (Lipinski definition) is 1. The van der Waals surface area contributed by atoms with E-state index in [0.717, 1.165) is 18.7 Å². The molecule has 2 rings (SSSR count). The number of amides is 1. The Morgan fingerprint density at radius 3 is 2.44 bits per heavy atom. The maximum atomic E-state index is 12.9. The van der Waals surface area contributed by atoms with Gasteiger partial charge in [-0.25, -0.2) is 0 Å². The van der Waals surface area contributed by atoms with E-state index >= 15 is 0 Å². The standard InChI is InChI=1S/C19H28N2O4/c1-5-6-15-11-16(12-17(24-3)18(15)25-4)19(23)21-9-7-20(8-10-21)13-14(2)22/h5-6,11-12,14,22H,7-10,13H2,1-4H3/b6-5-/t14-/m0/s1. The summed E-state index contributed by atoms with van der Waals surface area (Å²) >= 11 is 0. The maximum absolute atomic E-state index is 12.9. The van der Waals surface area contributed by atoms with Crippen molar-refractivity contribution >= 4 is 12.0 Å². The van der Waals surface area contributed by atoms with E-state index in [1.807, 2.05) is 30.0 Å². The van der Waals surface area contributed by atoms with Gasteiger partial charge in [-0.3, -0.25) is 9.69 Å². The first-order chi connectivity index (χ1) is 12.0. The fraction of sp³-hybridized carbons (Fsp3) is 0.526. The Morgan fingerprint density at radius 2 is 1.92 bits per heavy atom. The summed E-state index contributed by atoms with van der Waals surface area (Å²) in [5.74, 6) is 1.16. The minimum atomic E-state index is -0.350. The van der Waals surface area contributed by atoms with Crippen LogP contribution in [0.4, 0.5) is 0 Å². The minimum Gasteiger partial charge on any atom is -0.493 e. The van der Waals surface area contributed by atoms with E-state index in [2.05, 4.69) is 4.90 Å². The van der Waals surface area contributed by atoms with E-state index in [1.165, 1.54) is 0 Å². The zero-order chi connectivity index (χ0) is 18.4. The zero-order valence-electron chi connectivity index (χ0n) is 15.5. The number of methoxy groups -OCH3 is 2. The highest BCUT2D eigenvalue weighted by Crippen LogP contribution is 2.34. The largest absolute Gasteiger partial charge is 0.493 e. The maximum Gasteiger partial charge on any atom is 0.254 e. The Balaban J connectivity index is 2.18. The van der Waals surface area contributed by atoms with Crippen LogP contribution in [0.2, 0.25) is 0 Å². The smallest absolute Gasteiger partial charge is 0.254 e. The molecule has 1 aliphatic rings. The number of aliphatic hydroxyl groups excluding tert-OH is 1. The normalized spacial score (nSPS) is 16.9. The lowest BCUT2D eigenvalue weighted by Gasteiger charge is -2.35. The molecule has 1 heterocycles. The molecule has 6 nitrogen and oxygen atoms in total. The van der Waals surface area contributed by atoms with E-state index in [9.17, 15) is 9.90 Å². The van der Waals surface area contributed by atoms with E-state index < -0.39 is 0 Å². The molecule has 6 heteroatoms. The lowest BCUT2D eigenvalue weighted by atomic mass is 10.1. The first-order valence-electron chi connectivity index (χ1n) is 8.58. The van der Waals surface area contributed by atoms with Crippen LogP contribution in [0.25, 0.3) is 6.08 Å². The lowest BCUT2D eigenvalue weighted by Crippen LogP contribution is -2.50. The van der Waals surface area contributed by atoms with Gasteiger partial charge in [0.05, 0.1) is 20.3 Å². The molecule has 25 heavy (non-hydrogen) atoms. The molecule has 0 spiro atoms. The summed E-state index contributed by atoms with van der Waals surface area (Å²) in [6, 6.07) is 3.57. The molecule has 1 amide bonds. The second-order valence-corrected chi connectivity index (χ2v) is 6.24. The average Bonchev–Trinajstić information content (AvgIpc) is 2.60. The van der Waals surface area contributed by atoms with Crippen LogP contribution in [0.3, 0.4) is 0 Å². The molecule has 1 aromatic carbocycles. The molecule has 1 N–H and O–H groups in total. The first-order valence-corrected chi connectivity index (χ1v) is 8.58. The van der Waals surface area contributed by atoms with Crippen molar-refractivity contribution in [2.45, 2.75) is 20.0 Å². The topological polar surface area (TPSA) is 62.2 Å². The Bertz CT molecular complexity index is 620. The summed E-state index contributed by atoms with van der Waals surface area (Å²) in [7, 11) is 3.16. The van der Waals surface area contributed by atoms with Crippen molar-refractivity contribution in [3.8, 4) is 11.5 Å². The number of carbonyl (C=O) groups excluding carboxylic acids is 1. The Kier molecular flexibility index (Phi) is 6.84. The zero-order valence-corrected chi connectivity index (χ0v) is 15.5. The van der Waals surface area contributed by atoms with Crippen molar-refractivity contribution in [1.82, 2.24) is 9.80 Å². The Hall–Kier alpha value is -2.05. The number of nitrogens with zero attached hydrogens (tertiary/aromatic N) is 2. The van der Waals surface area contributed by atoms with Gasteiger partial charge in [-0.05, 0) is 26.0 Å². The summed E-state index contributed by atoms with van der Waals surface area (Å²) in [6.07, 6.45) is 3.45. The summed E-state index contributed by atoms with van der Waals surface area (Å²) in [5.41, 5.74) is 1.41. The number of carbonyl (C=O) groups is 1. The minimum absolute atomic E-state index is 0.0107. The third-order valence-corrected chi connectivity index (χ3v) is 4.28. The van der Waals surface area contributed by atoms with Gasteiger partial charge in [0, 0.05) is 43.9 Å². The summed E-state index contributed by atoms with van der Waals surface area (Å²) in [5, 5.41) is 9.49. The lowest BCUT2D eigenvalue weighted by molar-refractivity contribution is 0.0554. The number of benzene rings is 1. The molecule has 0 radical (unpaired) electrons. The molecule has 1 atom stereocenters. The summed E-state index contributed by atoms with van der Waals surface area (Å²) in [4.78, 5) is 16.9. The molecule has 1 fully saturated rings. The van der Waals surface area contributed by atoms with Crippen LogP contribution < -0.4 is 9.47 Å². The SMILES string of the molecule is C/C=C\c1cc(C(=O)N2CCN(C[C@H](C)O)CC2)cc(OC)c1OC. The van der Waals surface area contributed by atoms with Crippen molar-refractivity contribution in [2.75, 3.05) is 46.9 Å². The van der Waals surface area contributed by atoms with Crippen LogP contribution in [0, 0.1) is 0 Å². The second kappa shape index (κ2) is 8.87. The van der Waals surface area contributed by atoms with Crippen molar-refractivity contribution in [1.29, 1.82) is 0 Å². The van der Waals surface area contributed by atoms with E-state index in [-0.39, 0.29) is 12.0 Å². The van der Waals surface area contributed by atoms with Gasteiger partial charge in [-0.2, -0.15) is 0 Å². The van der Waals surface area contributed by atoms with Crippen LogP contribution in [0.15, 0.2) is 18.2 Å². The van der Waals surface area contributed by atoms with E-state index in [1.54, 1.807) is 27.2 Å². The van der Waals surface area contributed by atoms with Crippen molar-refractivity contribution < 1.29 is 19.4 Å². The van der Waals surface area contributed by atoms with E-state index in [0.29, 0.717) is 36.7 Å². The van der Waals surface area contributed by atoms with Gasteiger partial charge < -0.3 is 19.5 Å². The van der Waals surface area contributed by atoms with Crippen LogP contribution >= 0.6 is 0 Å². The fourth-order valence-electron chi connectivity index (χ4n) is 3.11. The van der Waals surface area contributed by atoms with Gasteiger partial charge in [0.1, 0.15) is 0 Å². The number of hydrogen-bond acceptors (Lipinski definition) is 5. The molecule has 1 aliphatic heterocycles. The second-order valence-electron chi connectivity index (χ2n) is 6.24. The van der Waals surface area contributed by atoms with Crippen molar-refractivity contribution in [3.63, 3.8) is 0 Å². The average molecular weight is 348 g/mol. The number of aliphatic hydroxyl groups is 1. The molecule has 1 saturated heterocycles. The van der Waals surface area contributed by atoms with Crippen LogP contribution in [0.1, 0.15) is 29.8 Å². The highest BCUT2D eigenvalue weighted by Gasteiger charge is 2.24. The predicted octanol–water partition coefficient (Wildman–Crippen LogP) is 1.88. The number of allylic oxidation sites excluding steroid dienone is 1. The molecule has 0 saturated carbocycles. The third-order valence-electron chi connectivity index (χ3n) is 4.28. The summed E-state index contributed by atoms with van der Waals surface area (Å²) in [6.45, 7) is 7.19. The number of piperazine rings is 1. The molecular formula is C19H28N2O4. The quantitative estimate of drug-likeness (QED) is 0.850. The van der Waals surface area contributed by atoms with Crippen LogP contribution in [-0.2, 0) is 0 Å².